The number of nitrogens with zero attached hydrogens (tertiary/aromatic N) is 1. The first kappa shape index (κ1) is 7.55. The first-order valence-corrected chi connectivity index (χ1v) is 3.08. The highest BCUT2D eigenvalue weighted by Crippen LogP contribution is 2.14. The lowest BCUT2D eigenvalue weighted by Gasteiger charge is -1.95. The third-order valence-electron chi connectivity index (χ3n) is 1.23. The topological polar surface area (TPSA) is 44.0 Å². The monoisotopic (exact) mass is 151 g/mol. The van der Waals surface area contributed by atoms with Crippen LogP contribution in [0.4, 0.5) is 4.39 Å². The van der Waals surface area contributed by atoms with Gasteiger partial charge in [-0.2, -0.15) is 5.26 Å². The number of hydrogen-bond donors (Lipinski definition) is 1. The summed E-state index contributed by atoms with van der Waals surface area (Å²) >= 11 is 0. The largest absolute Gasteiger partial charge is 0.508 e. The fraction of sp³-hybridized carbons (Fsp3) is 0.125. The third-order valence-corrected chi connectivity index (χ3v) is 1.23. The smallest absolute Gasteiger partial charge is 0.127 e. The molecule has 2 nitrogen and oxygen atoms in total. The maximum Gasteiger partial charge on any atom is 0.127 e. The van der Waals surface area contributed by atoms with Gasteiger partial charge in [0, 0.05) is 6.07 Å². The zero-order chi connectivity index (χ0) is 8.27. The number of rotatable bonds is 1. The van der Waals surface area contributed by atoms with Crippen molar-refractivity contribution in [3.8, 4) is 11.8 Å². The van der Waals surface area contributed by atoms with Gasteiger partial charge in [0.05, 0.1) is 12.5 Å². The Hall–Kier alpha value is -1.56. The van der Waals surface area contributed by atoms with Crippen LogP contribution in [0.25, 0.3) is 0 Å². The molecular weight excluding hydrogens is 145 g/mol. The Bertz CT molecular complexity index is 283. The lowest BCUT2D eigenvalue weighted by Crippen LogP contribution is -1.83. The Morgan fingerprint density at radius 3 is 2.73 bits per heavy atom. The fourth-order valence-corrected chi connectivity index (χ4v) is 0.827. The van der Waals surface area contributed by atoms with E-state index in [9.17, 15) is 4.39 Å². The first-order valence-electron chi connectivity index (χ1n) is 3.08. The molecule has 0 aliphatic carbocycles. The van der Waals surface area contributed by atoms with Gasteiger partial charge in [-0.15, -0.1) is 0 Å². The lowest BCUT2D eigenvalue weighted by atomic mass is 10.1. The molecular formula is C8H6FNO. The number of halogens is 1. The van der Waals surface area contributed by atoms with Crippen molar-refractivity contribution in [2.24, 2.45) is 0 Å². The third kappa shape index (κ3) is 1.94. The van der Waals surface area contributed by atoms with Crippen molar-refractivity contribution in [3.63, 3.8) is 0 Å². The maximum absolute atomic E-state index is 12.5. The summed E-state index contributed by atoms with van der Waals surface area (Å²) < 4.78 is 12.5. The van der Waals surface area contributed by atoms with Crippen LogP contribution < -0.4 is 0 Å². The molecule has 0 unspecified atom stereocenters. The van der Waals surface area contributed by atoms with Crippen LogP contribution in [0, 0.1) is 17.1 Å². The van der Waals surface area contributed by atoms with E-state index in [1.807, 2.05) is 6.07 Å². The van der Waals surface area contributed by atoms with E-state index in [-0.39, 0.29) is 12.2 Å². The summed E-state index contributed by atoms with van der Waals surface area (Å²) in [6.07, 6.45) is 0.116. The molecule has 0 atom stereocenters. The average molecular weight is 151 g/mol. The molecule has 1 rings (SSSR count). The molecule has 56 valence electrons. The SMILES string of the molecule is N#CCc1cc(O)cc(F)c1. The highest BCUT2D eigenvalue weighted by atomic mass is 19.1. The molecule has 0 fully saturated rings. The molecule has 11 heavy (non-hydrogen) atoms. The van der Waals surface area contributed by atoms with Crippen LogP contribution in [0.15, 0.2) is 18.2 Å². The lowest BCUT2D eigenvalue weighted by molar-refractivity contribution is 0.468. The predicted molar refractivity (Wildman–Crippen MR) is 37.4 cm³/mol. The highest BCUT2D eigenvalue weighted by Gasteiger charge is 1.97. The second-order valence-electron chi connectivity index (χ2n) is 2.15. The molecule has 0 bridgehead atoms. The number of aromatic hydroxyl groups is 1. The molecule has 0 aliphatic heterocycles. The molecule has 1 aromatic rings. The highest BCUT2D eigenvalue weighted by molar-refractivity contribution is 5.29. The van der Waals surface area contributed by atoms with Crippen LogP contribution in [0.1, 0.15) is 5.56 Å². The Balaban J connectivity index is 3.01. The van der Waals surface area contributed by atoms with Crippen LogP contribution in [0.5, 0.6) is 5.75 Å². The molecule has 0 spiro atoms. The Labute approximate surface area is 63.5 Å². The van der Waals surface area contributed by atoms with Crippen LogP contribution in [-0.4, -0.2) is 5.11 Å². The summed E-state index contributed by atoms with van der Waals surface area (Å²) in [5.74, 6) is -0.662. The van der Waals surface area contributed by atoms with Crippen LogP contribution in [0.2, 0.25) is 0 Å². The number of benzene rings is 1. The van der Waals surface area contributed by atoms with E-state index in [0.717, 1.165) is 6.07 Å². The van der Waals surface area contributed by atoms with Crippen LogP contribution in [0.3, 0.4) is 0 Å². The van der Waals surface area contributed by atoms with Gasteiger partial charge in [-0.3, -0.25) is 0 Å². The van der Waals surface area contributed by atoms with Crippen molar-refractivity contribution >= 4 is 0 Å². The zero-order valence-corrected chi connectivity index (χ0v) is 5.71. The van der Waals surface area contributed by atoms with Crippen molar-refractivity contribution in [2.45, 2.75) is 6.42 Å². The Morgan fingerprint density at radius 1 is 1.45 bits per heavy atom. The van der Waals surface area contributed by atoms with Gasteiger partial charge in [-0.25, -0.2) is 4.39 Å². The summed E-state index contributed by atoms with van der Waals surface area (Å²) in [6.45, 7) is 0. The molecule has 1 aromatic carbocycles. The van der Waals surface area contributed by atoms with Gasteiger partial charge in [0.1, 0.15) is 11.6 Å². The molecule has 3 heteroatoms. The van der Waals surface area contributed by atoms with E-state index >= 15 is 0 Å². The van der Waals surface area contributed by atoms with Crippen molar-refractivity contribution in [3.05, 3.63) is 29.6 Å². The molecule has 0 aliphatic rings. The second kappa shape index (κ2) is 3.02. The molecule has 0 aromatic heterocycles. The second-order valence-corrected chi connectivity index (χ2v) is 2.15. The van der Waals surface area contributed by atoms with Gasteiger partial charge in [0.15, 0.2) is 0 Å². The minimum absolute atomic E-state index is 0.116. The van der Waals surface area contributed by atoms with Crippen molar-refractivity contribution < 1.29 is 9.50 Å². The summed E-state index contributed by atoms with van der Waals surface area (Å²) in [4.78, 5) is 0. The van der Waals surface area contributed by atoms with E-state index in [1.165, 1.54) is 12.1 Å². The van der Waals surface area contributed by atoms with Gasteiger partial charge in [-0.05, 0) is 17.7 Å². The number of nitriles is 1. The minimum atomic E-state index is -0.518. The van der Waals surface area contributed by atoms with E-state index in [2.05, 4.69) is 0 Å². The Kier molecular flexibility index (Phi) is 2.07. The first-order chi connectivity index (χ1) is 5.22. The van der Waals surface area contributed by atoms with Gasteiger partial charge in [0.2, 0.25) is 0 Å². The zero-order valence-electron chi connectivity index (χ0n) is 5.71. The molecule has 0 amide bonds. The van der Waals surface area contributed by atoms with E-state index in [1.54, 1.807) is 0 Å². The standard InChI is InChI=1S/C8H6FNO/c9-7-3-6(1-2-10)4-8(11)5-7/h3-5,11H,1H2. The molecule has 0 radical (unpaired) electrons. The van der Waals surface area contributed by atoms with Gasteiger partial charge in [0.25, 0.3) is 0 Å². The summed E-state index contributed by atoms with van der Waals surface area (Å²) in [7, 11) is 0. The van der Waals surface area contributed by atoms with Crippen LogP contribution >= 0.6 is 0 Å². The maximum atomic E-state index is 12.5. The predicted octanol–water partition coefficient (Wildman–Crippen LogP) is 1.60. The van der Waals surface area contributed by atoms with Crippen molar-refractivity contribution in [1.29, 1.82) is 5.26 Å². The number of hydrogen-bond acceptors (Lipinski definition) is 2. The molecule has 0 heterocycles. The van der Waals surface area contributed by atoms with Gasteiger partial charge >= 0.3 is 0 Å². The minimum Gasteiger partial charge on any atom is -0.508 e. The quantitative estimate of drug-likeness (QED) is 0.662. The van der Waals surface area contributed by atoms with Gasteiger partial charge < -0.3 is 5.11 Å². The molecule has 0 saturated carbocycles. The van der Waals surface area contributed by atoms with E-state index in [0.29, 0.717) is 5.56 Å². The van der Waals surface area contributed by atoms with Crippen LogP contribution in [-0.2, 0) is 6.42 Å². The summed E-state index contributed by atoms with van der Waals surface area (Å²) in [6, 6.07) is 5.45. The average Bonchev–Trinajstić information content (AvgIpc) is 1.85. The van der Waals surface area contributed by atoms with Crippen molar-refractivity contribution in [2.75, 3.05) is 0 Å². The molecule has 1 N–H and O–H groups in total. The van der Waals surface area contributed by atoms with Crippen molar-refractivity contribution in [1.82, 2.24) is 0 Å². The van der Waals surface area contributed by atoms with E-state index in [4.69, 9.17) is 10.4 Å². The molecule has 0 saturated heterocycles. The van der Waals surface area contributed by atoms with E-state index < -0.39 is 5.82 Å². The summed E-state index contributed by atoms with van der Waals surface area (Å²) in [5, 5.41) is 17.1. The Morgan fingerprint density at radius 2 is 2.18 bits per heavy atom. The number of phenolic OH excluding ortho intramolecular Hbond substituents is 1. The summed E-state index contributed by atoms with van der Waals surface area (Å²) in [5.41, 5.74) is 0.491. The van der Waals surface area contributed by atoms with Gasteiger partial charge in [-0.1, -0.05) is 0 Å². The fourth-order valence-electron chi connectivity index (χ4n) is 0.827. The number of phenols is 1. The normalized spacial score (nSPS) is 9.09.